The molecule has 0 radical (unpaired) electrons. The van der Waals surface area contributed by atoms with Crippen LogP contribution in [-0.4, -0.2) is 49.3 Å². The number of nitrogens with one attached hydrogen (secondary N) is 3. The summed E-state index contributed by atoms with van der Waals surface area (Å²) in [5, 5.41) is 17.1. The summed E-state index contributed by atoms with van der Waals surface area (Å²) in [6, 6.07) is 7.18. The average Bonchev–Trinajstić information content (AvgIpc) is 2.68. The topological polar surface area (TPSA) is 130 Å². The lowest BCUT2D eigenvalue weighted by Gasteiger charge is -2.07. The molecule has 1 aromatic carbocycles. The Hall–Kier alpha value is -3.00. The molecule has 0 amide bonds. The van der Waals surface area contributed by atoms with Gasteiger partial charge in [-0.25, -0.2) is 9.97 Å². The number of nitrogens with zero attached hydrogens (tertiary/aromatic N) is 2. The molecule has 0 aliphatic heterocycles. The molecule has 0 aliphatic carbocycles. The van der Waals surface area contributed by atoms with Gasteiger partial charge in [-0.15, -0.1) is 0 Å². The van der Waals surface area contributed by atoms with Gasteiger partial charge in [0.25, 0.3) is 0 Å². The van der Waals surface area contributed by atoms with E-state index in [0.29, 0.717) is 30.4 Å². The minimum atomic E-state index is 0.0544. The van der Waals surface area contributed by atoms with Crippen LogP contribution in [0.15, 0.2) is 36.7 Å². The quantitative estimate of drug-likeness (QED) is 0.287. The van der Waals surface area contributed by atoms with Crippen molar-refractivity contribution in [2.24, 2.45) is 5.73 Å². The van der Waals surface area contributed by atoms with Gasteiger partial charge in [0.2, 0.25) is 5.88 Å². The van der Waals surface area contributed by atoms with Crippen LogP contribution in [0.5, 0.6) is 11.6 Å². The van der Waals surface area contributed by atoms with Gasteiger partial charge in [-0.05, 0) is 57.6 Å². The van der Waals surface area contributed by atoms with E-state index in [4.69, 9.17) is 26.0 Å². The Bertz CT molecular complexity index is 674. The molecular weight excluding hydrogens is 344 g/mol. The number of nitrogen functional groups attached to an aromatic ring is 1. The number of unbranched alkanes of at least 4 members (excludes halogenated alkanes) is 2. The molecule has 0 unspecified atom stereocenters. The summed E-state index contributed by atoms with van der Waals surface area (Å²) in [6.45, 7) is 1.21. The van der Waals surface area contributed by atoms with Gasteiger partial charge in [0, 0.05) is 11.8 Å². The summed E-state index contributed by atoms with van der Waals surface area (Å²) >= 11 is 0. The molecule has 0 saturated heterocycles. The summed E-state index contributed by atoms with van der Waals surface area (Å²) < 4.78 is 11.1. The highest BCUT2D eigenvalue weighted by Gasteiger charge is 1.99. The molecule has 0 atom stereocenters. The summed E-state index contributed by atoms with van der Waals surface area (Å²) in [7, 11) is 3.75. The number of hydrogen-bond donors (Lipinski definition) is 4. The SMILES string of the molecule is CNC.N=Cc1cnc(OCCCCCOc2ccc(C(=N)N)cc2)cn1. The van der Waals surface area contributed by atoms with Gasteiger partial charge in [0.05, 0.1) is 31.3 Å². The Morgan fingerprint density at radius 3 is 2.19 bits per heavy atom. The fourth-order valence-electron chi connectivity index (χ4n) is 1.95. The number of aromatic nitrogens is 2. The molecular formula is C19H28N6O2. The van der Waals surface area contributed by atoms with Crippen LogP contribution in [0.25, 0.3) is 0 Å². The standard InChI is InChI=1S/C17H21N5O2.C2H7N/c18-10-14-11-22-16(12-21-14)24-9-3-1-2-8-23-15-6-4-13(5-7-15)17(19)20;1-3-2/h4-7,10-12,18H,1-3,8-9H2,(H3,19,20);3H,1-2H3. The van der Waals surface area contributed by atoms with Crippen molar-refractivity contribution in [1.29, 1.82) is 10.8 Å². The first kappa shape index (κ1) is 22.0. The van der Waals surface area contributed by atoms with Crippen LogP contribution < -0.4 is 20.5 Å². The Kier molecular flexibility index (Phi) is 10.8. The fourth-order valence-corrected chi connectivity index (χ4v) is 1.95. The van der Waals surface area contributed by atoms with E-state index in [1.807, 2.05) is 26.2 Å². The highest BCUT2D eigenvalue weighted by Crippen LogP contribution is 2.12. The predicted molar refractivity (Wildman–Crippen MR) is 107 cm³/mol. The van der Waals surface area contributed by atoms with Crippen molar-refractivity contribution in [3.8, 4) is 11.6 Å². The second kappa shape index (κ2) is 13.2. The van der Waals surface area contributed by atoms with Crippen molar-refractivity contribution in [2.75, 3.05) is 27.3 Å². The van der Waals surface area contributed by atoms with Gasteiger partial charge in [-0.1, -0.05) is 0 Å². The first-order chi connectivity index (χ1) is 13.1. The first-order valence-electron chi connectivity index (χ1n) is 8.71. The Balaban J connectivity index is 0.00000114. The Labute approximate surface area is 160 Å². The molecule has 1 heterocycles. The Morgan fingerprint density at radius 2 is 1.67 bits per heavy atom. The molecule has 27 heavy (non-hydrogen) atoms. The fraction of sp³-hybridized carbons (Fsp3) is 0.368. The van der Waals surface area contributed by atoms with Crippen LogP contribution in [0.4, 0.5) is 0 Å². The zero-order chi connectivity index (χ0) is 19.9. The summed E-state index contributed by atoms with van der Waals surface area (Å²) in [4.78, 5) is 8.06. The van der Waals surface area contributed by atoms with Crippen molar-refractivity contribution >= 4 is 12.1 Å². The van der Waals surface area contributed by atoms with Crippen molar-refractivity contribution in [3.05, 3.63) is 47.9 Å². The van der Waals surface area contributed by atoms with E-state index in [-0.39, 0.29) is 5.84 Å². The van der Waals surface area contributed by atoms with E-state index in [1.165, 1.54) is 12.4 Å². The Morgan fingerprint density at radius 1 is 1.04 bits per heavy atom. The maximum Gasteiger partial charge on any atom is 0.232 e. The largest absolute Gasteiger partial charge is 0.494 e. The van der Waals surface area contributed by atoms with Gasteiger partial charge >= 0.3 is 0 Å². The van der Waals surface area contributed by atoms with E-state index in [2.05, 4.69) is 15.3 Å². The number of amidine groups is 1. The lowest BCUT2D eigenvalue weighted by Crippen LogP contribution is -2.10. The molecule has 0 fully saturated rings. The number of ether oxygens (including phenoxy) is 2. The molecule has 5 N–H and O–H groups in total. The average molecular weight is 372 g/mol. The molecule has 0 saturated carbocycles. The summed E-state index contributed by atoms with van der Waals surface area (Å²) in [5.74, 6) is 1.30. The molecule has 1 aromatic heterocycles. The van der Waals surface area contributed by atoms with Crippen molar-refractivity contribution in [3.63, 3.8) is 0 Å². The molecule has 2 rings (SSSR count). The van der Waals surface area contributed by atoms with Crippen molar-refractivity contribution in [1.82, 2.24) is 15.3 Å². The summed E-state index contributed by atoms with van der Waals surface area (Å²) in [6.07, 6.45) is 6.99. The van der Waals surface area contributed by atoms with Crippen molar-refractivity contribution in [2.45, 2.75) is 19.3 Å². The minimum absolute atomic E-state index is 0.0544. The van der Waals surface area contributed by atoms with E-state index in [0.717, 1.165) is 31.2 Å². The third kappa shape index (κ3) is 9.31. The maximum atomic E-state index is 7.33. The zero-order valence-corrected chi connectivity index (χ0v) is 15.9. The van der Waals surface area contributed by atoms with Gasteiger partial charge in [-0.2, -0.15) is 0 Å². The van der Waals surface area contributed by atoms with Gasteiger partial charge in [0.15, 0.2) is 0 Å². The molecule has 146 valence electrons. The van der Waals surface area contributed by atoms with Crippen molar-refractivity contribution < 1.29 is 9.47 Å². The minimum Gasteiger partial charge on any atom is -0.494 e. The second-order valence-electron chi connectivity index (χ2n) is 5.62. The molecule has 8 heteroatoms. The number of benzene rings is 1. The van der Waals surface area contributed by atoms with Crippen LogP contribution in [0.1, 0.15) is 30.5 Å². The lowest BCUT2D eigenvalue weighted by atomic mass is 10.2. The molecule has 2 aromatic rings. The van der Waals surface area contributed by atoms with E-state index >= 15 is 0 Å². The number of nitrogens with two attached hydrogens (primary N) is 1. The van der Waals surface area contributed by atoms with Crippen LogP contribution >= 0.6 is 0 Å². The van der Waals surface area contributed by atoms with Crippen LogP contribution in [0.2, 0.25) is 0 Å². The number of rotatable bonds is 10. The number of hydrogen-bond acceptors (Lipinski definition) is 7. The van der Waals surface area contributed by atoms with Gasteiger partial charge in [-0.3, -0.25) is 5.41 Å². The monoisotopic (exact) mass is 372 g/mol. The van der Waals surface area contributed by atoms with Gasteiger partial charge < -0.3 is 25.9 Å². The first-order valence-corrected chi connectivity index (χ1v) is 8.71. The normalized spacial score (nSPS) is 9.70. The smallest absolute Gasteiger partial charge is 0.232 e. The highest BCUT2D eigenvalue weighted by atomic mass is 16.5. The van der Waals surface area contributed by atoms with Crippen LogP contribution in [0.3, 0.4) is 0 Å². The lowest BCUT2D eigenvalue weighted by molar-refractivity contribution is 0.273. The highest BCUT2D eigenvalue weighted by molar-refractivity contribution is 5.94. The zero-order valence-electron chi connectivity index (χ0n) is 15.9. The third-order valence-corrected chi connectivity index (χ3v) is 3.27. The molecule has 0 aliphatic rings. The van der Waals surface area contributed by atoms with Crippen LogP contribution in [-0.2, 0) is 0 Å². The predicted octanol–water partition coefficient (Wildman–Crippen LogP) is 2.22. The maximum absolute atomic E-state index is 7.33. The second-order valence-corrected chi connectivity index (χ2v) is 5.62. The van der Waals surface area contributed by atoms with E-state index in [9.17, 15) is 0 Å². The van der Waals surface area contributed by atoms with E-state index in [1.54, 1.807) is 12.1 Å². The van der Waals surface area contributed by atoms with Crippen LogP contribution in [0, 0.1) is 10.8 Å². The third-order valence-electron chi connectivity index (χ3n) is 3.27. The van der Waals surface area contributed by atoms with Gasteiger partial charge in [0.1, 0.15) is 11.6 Å². The molecule has 0 spiro atoms. The molecule has 8 nitrogen and oxygen atoms in total. The van der Waals surface area contributed by atoms with E-state index < -0.39 is 0 Å². The molecule has 0 bridgehead atoms. The summed E-state index contributed by atoms with van der Waals surface area (Å²) in [5.41, 5.74) is 6.60.